The summed E-state index contributed by atoms with van der Waals surface area (Å²) in [6.07, 6.45) is -1.24. The van der Waals surface area contributed by atoms with E-state index >= 15 is 0 Å². The summed E-state index contributed by atoms with van der Waals surface area (Å²) in [5.41, 5.74) is -0.135. The largest absolute Gasteiger partial charge is 0.416 e. The molecule has 2 aromatic rings. The van der Waals surface area contributed by atoms with Crippen molar-refractivity contribution in [2.24, 2.45) is 0 Å². The summed E-state index contributed by atoms with van der Waals surface area (Å²) in [5.74, 6) is 0.391. The summed E-state index contributed by atoms with van der Waals surface area (Å²) < 4.78 is 37.7. The van der Waals surface area contributed by atoms with Crippen molar-refractivity contribution >= 4 is 15.9 Å². The highest BCUT2D eigenvalue weighted by molar-refractivity contribution is 9.10. The number of alkyl halides is 3. The number of aromatic nitrogens is 2. The van der Waals surface area contributed by atoms with E-state index in [2.05, 4.69) is 25.9 Å². The van der Waals surface area contributed by atoms with E-state index in [1.165, 1.54) is 12.1 Å². The van der Waals surface area contributed by atoms with Crippen LogP contribution >= 0.6 is 15.9 Å². The molecule has 0 atom stereocenters. The molecule has 0 unspecified atom stereocenters. The van der Waals surface area contributed by atoms with Gasteiger partial charge in [0, 0.05) is 18.0 Å². The minimum atomic E-state index is -4.32. The van der Waals surface area contributed by atoms with Crippen LogP contribution in [0, 0.1) is 0 Å². The minimum Gasteiger partial charge on any atom is -0.235 e. The third-order valence-corrected chi connectivity index (χ3v) is 2.50. The molecule has 0 fully saturated rings. The molecule has 1 aromatic carbocycles. The summed E-state index contributed by atoms with van der Waals surface area (Å²) >= 11 is 3.18. The highest BCUT2D eigenvalue weighted by Crippen LogP contribution is 2.30. The Morgan fingerprint density at radius 3 is 1.94 bits per heavy atom. The molecule has 0 radical (unpaired) electrons. The van der Waals surface area contributed by atoms with Crippen LogP contribution in [0.3, 0.4) is 0 Å². The van der Waals surface area contributed by atoms with Gasteiger partial charge in [-0.25, -0.2) is 9.97 Å². The average molecular weight is 303 g/mol. The normalized spacial score (nSPS) is 11.5. The Balaban J connectivity index is 2.33. The van der Waals surface area contributed by atoms with Gasteiger partial charge in [0.1, 0.15) is 0 Å². The van der Waals surface area contributed by atoms with Gasteiger partial charge < -0.3 is 0 Å². The van der Waals surface area contributed by atoms with E-state index in [1.54, 1.807) is 12.4 Å². The maximum atomic E-state index is 12.3. The molecule has 0 saturated heterocycles. The molecule has 0 aliphatic heterocycles. The zero-order valence-electron chi connectivity index (χ0n) is 8.37. The summed E-state index contributed by atoms with van der Waals surface area (Å²) in [6.45, 7) is 0. The number of hydrogen-bond donors (Lipinski definition) is 0. The van der Waals surface area contributed by atoms with Crippen molar-refractivity contribution in [2.45, 2.75) is 6.18 Å². The Labute approximate surface area is 104 Å². The third-order valence-electron chi connectivity index (χ3n) is 2.09. The summed E-state index contributed by atoms with van der Waals surface area (Å²) in [7, 11) is 0. The van der Waals surface area contributed by atoms with Crippen molar-refractivity contribution in [1.29, 1.82) is 0 Å². The van der Waals surface area contributed by atoms with E-state index in [1.807, 2.05) is 0 Å². The molecule has 0 aliphatic carbocycles. The number of nitrogens with zero attached hydrogens (tertiary/aromatic N) is 2. The first kappa shape index (κ1) is 12.0. The van der Waals surface area contributed by atoms with E-state index in [4.69, 9.17) is 0 Å². The van der Waals surface area contributed by atoms with Gasteiger partial charge >= 0.3 is 6.18 Å². The van der Waals surface area contributed by atoms with Gasteiger partial charge in [-0.15, -0.1) is 0 Å². The van der Waals surface area contributed by atoms with Crippen LogP contribution in [0.25, 0.3) is 11.4 Å². The van der Waals surface area contributed by atoms with Gasteiger partial charge in [0.15, 0.2) is 5.82 Å². The molecule has 0 N–H and O–H groups in total. The Morgan fingerprint density at radius 1 is 0.941 bits per heavy atom. The predicted molar refractivity (Wildman–Crippen MR) is 60.2 cm³/mol. The summed E-state index contributed by atoms with van der Waals surface area (Å²) in [4.78, 5) is 8.00. The molecule has 0 aliphatic rings. The lowest BCUT2D eigenvalue weighted by Crippen LogP contribution is -2.04. The van der Waals surface area contributed by atoms with Gasteiger partial charge in [0.2, 0.25) is 0 Å². The van der Waals surface area contributed by atoms with E-state index in [-0.39, 0.29) is 0 Å². The monoisotopic (exact) mass is 302 g/mol. The fourth-order valence-corrected chi connectivity index (χ4v) is 1.47. The van der Waals surface area contributed by atoms with E-state index in [0.29, 0.717) is 15.9 Å². The van der Waals surface area contributed by atoms with Crippen LogP contribution in [-0.4, -0.2) is 9.97 Å². The Bertz CT molecular complexity index is 506. The second-order valence-corrected chi connectivity index (χ2v) is 4.22. The Kier molecular flexibility index (Phi) is 3.15. The number of halogens is 4. The first-order valence-electron chi connectivity index (χ1n) is 4.62. The van der Waals surface area contributed by atoms with Gasteiger partial charge in [0.05, 0.1) is 10.0 Å². The maximum absolute atomic E-state index is 12.3. The molecule has 88 valence electrons. The Hall–Kier alpha value is -1.43. The van der Waals surface area contributed by atoms with E-state index < -0.39 is 11.7 Å². The zero-order valence-corrected chi connectivity index (χ0v) is 9.96. The van der Waals surface area contributed by atoms with Crippen LogP contribution in [0.1, 0.15) is 5.56 Å². The molecule has 2 rings (SSSR count). The third kappa shape index (κ3) is 2.82. The molecular formula is C11H6BrF3N2. The SMILES string of the molecule is FC(F)(F)c1ccc(-c2ncc(Br)cn2)cc1. The van der Waals surface area contributed by atoms with E-state index in [0.717, 1.165) is 12.1 Å². The first-order chi connectivity index (χ1) is 7.97. The molecule has 6 heteroatoms. The van der Waals surface area contributed by atoms with Crippen LogP contribution < -0.4 is 0 Å². The zero-order chi connectivity index (χ0) is 12.5. The summed E-state index contributed by atoms with van der Waals surface area (Å²) in [5, 5.41) is 0. The molecule has 17 heavy (non-hydrogen) atoms. The second-order valence-electron chi connectivity index (χ2n) is 3.30. The molecular weight excluding hydrogens is 297 g/mol. The highest BCUT2D eigenvalue weighted by Gasteiger charge is 2.30. The predicted octanol–water partition coefficient (Wildman–Crippen LogP) is 3.92. The van der Waals surface area contributed by atoms with E-state index in [9.17, 15) is 13.2 Å². The van der Waals surface area contributed by atoms with Crippen molar-refractivity contribution in [3.8, 4) is 11.4 Å². The fraction of sp³-hybridized carbons (Fsp3) is 0.0909. The van der Waals surface area contributed by atoms with Gasteiger partial charge in [0.25, 0.3) is 0 Å². The van der Waals surface area contributed by atoms with Gasteiger partial charge in [-0.05, 0) is 28.1 Å². The van der Waals surface area contributed by atoms with Crippen LogP contribution in [0.15, 0.2) is 41.1 Å². The van der Waals surface area contributed by atoms with Crippen molar-refractivity contribution < 1.29 is 13.2 Å². The van der Waals surface area contributed by atoms with Gasteiger partial charge in [-0.1, -0.05) is 12.1 Å². The Morgan fingerprint density at radius 2 is 1.47 bits per heavy atom. The van der Waals surface area contributed by atoms with Crippen molar-refractivity contribution in [3.63, 3.8) is 0 Å². The van der Waals surface area contributed by atoms with Crippen molar-refractivity contribution in [2.75, 3.05) is 0 Å². The molecule has 2 nitrogen and oxygen atoms in total. The van der Waals surface area contributed by atoms with Crippen molar-refractivity contribution in [3.05, 3.63) is 46.7 Å². The van der Waals surface area contributed by atoms with Gasteiger partial charge in [-0.3, -0.25) is 0 Å². The standard InChI is InChI=1S/C11H6BrF3N2/c12-9-5-16-10(17-6-9)7-1-3-8(4-2-7)11(13,14)15/h1-6H. The summed E-state index contributed by atoms with van der Waals surface area (Å²) in [6, 6.07) is 4.74. The molecule has 0 amide bonds. The average Bonchev–Trinajstić information content (AvgIpc) is 2.29. The molecule has 1 aromatic heterocycles. The van der Waals surface area contributed by atoms with Gasteiger partial charge in [-0.2, -0.15) is 13.2 Å². The molecule has 0 bridgehead atoms. The lowest BCUT2D eigenvalue weighted by molar-refractivity contribution is -0.137. The lowest BCUT2D eigenvalue weighted by atomic mass is 10.1. The number of hydrogen-bond acceptors (Lipinski definition) is 2. The first-order valence-corrected chi connectivity index (χ1v) is 5.41. The topological polar surface area (TPSA) is 25.8 Å². The smallest absolute Gasteiger partial charge is 0.235 e. The maximum Gasteiger partial charge on any atom is 0.416 e. The quantitative estimate of drug-likeness (QED) is 0.798. The fourth-order valence-electron chi connectivity index (χ4n) is 1.27. The highest BCUT2D eigenvalue weighted by atomic mass is 79.9. The molecule has 0 spiro atoms. The van der Waals surface area contributed by atoms with Crippen LogP contribution in [0.2, 0.25) is 0 Å². The van der Waals surface area contributed by atoms with Crippen molar-refractivity contribution in [1.82, 2.24) is 9.97 Å². The molecule has 1 heterocycles. The number of benzene rings is 1. The lowest BCUT2D eigenvalue weighted by Gasteiger charge is -2.06. The number of rotatable bonds is 1. The van der Waals surface area contributed by atoms with Crippen LogP contribution in [0.5, 0.6) is 0 Å². The minimum absolute atomic E-state index is 0.391. The second kappa shape index (κ2) is 4.44. The van der Waals surface area contributed by atoms with Crippen LogP contribution in [0.4, 0.5) is 13.2 Å². The van der Waals surface area contributed by atoms with Crippen LogP contribution in [-0.2, 0) is 6.18 Å². The molecule has 0 saturated carbocycles.